The fourth-order valence-corrected chi connectivity index (χ4v) is 1.36. The third-order valence-corrected chi connectivity index (χ3v) is 2.52. The molecule has 0 aliphatic rings. The van der Waals surface area contributed by atoms with Crippen LogP contribution in [0.3, 0.4) is 0 Å². The minimum Gasteiger partial charge on any atom is -0.418 e. The van der Waals surface area contributed by atoms with Crippen molar-refractivity contribution in [2.45, 2.75) is 27.7 Å². The van der Waals surface area contributed by atoms with Gasteiger partial charge in [0.2, 0.25) is 0 Å². The minimum atomic E-state index is -6.00. The Morgan fingerprint density at radius 1 is 0.522 bits per heavy atom. The van der Waals surface area contributed by atoms with Gasteiger partial charge in [-0.1, -0.05) is 27.7 Å². The summed E-state index contributed by atoms with van der Waals surface area (Å²) in [6.45, 7) is 16.1. The van der Waals surface area contributed by atoms with Crippen LogP contribution >= 0.6 is 0 Å². The molecule has 23 heavy (non-hydrogen) atoms. The Morgan fingerprint density at radius 2 is 0.652 bits per heavy atom. The van der Waals surface area contributed by atoms with Gasteiger partial charge in [-0.15, -0.1) is 0 Å². The molecule has 0 aliphatic heterocycles. The molecule has 0 aromatic rings. The molecular formula is C10H24B2CuF8N2. The molecule has 0 atom stereocenters. The van der Waals surface area contributed by atoms with E-state index >= 15 is 0 Å². The summed E-state index contributed by atoms with van der Waals surface area (Å²) in [6, 6.07) is 0. The monoisotopic (exact) mass is 409 g/mol. The van der Waals surface area contributed by atoms with E-state index in [2.05, 4.69) is 37.5 Å². The Morgan fingerprint density at radius 3 is 0.739 bits per heavy atom. The van der Waals surface area contributed by atoms with Crippen molar-refractivity contribution in [1.29, 1.82) is 0 Å². The molecule has 0 bridgehead atoms. The SMILES string of the molecule is CCN(CC)CCN(CC)CC.F[B-](F)(F)F.F[B-](F)(F)F.[Cu+2]. The molecule has 147 valence electrons. The molecule has 0 spiro atoms. The number of nitrogens with zero attached hydrogens (tertiary/aromatic N) is 2. The van der Waals surface area contributed by atoms with Crippen LogP contribution in [-0.2, 0) is 17.1 Å². The van der Waals surface area contributed by atoms with Crippen LogP contribution in [0.25, 0.3) is 0 Å². The summed E-state index contributed by atoms with van der Waals surface area (Å²) in [5.41, 5.74) is 0. The quantitative estimate of drug-likeness (QED) is 0.458. The van der Waals surface area contributed by atoms with E-state index in [4.69, 9.17) is 0 Å². The van der Waals surface area contributed by atoms with Crippen LogP contribution in [0.2, 0.25) is 0 Å². The zero-order chi connectivity index (χ0) is 18.4. The smallest absolute Gasteiger partial charge is 0.418 e. The van der Waals surface area contributed by atoms with Gasteiger partial charge in [-0.25, -0.2) is 0 Å². The molecule has 0 amide bonds. The van der Waals surface area contributed by atoms with Gasteiger partial charge in [0.15, 0.2) is 0 Å². The third kappa shape index (κ3) is 52.1. The first-order valence-corrected chi connectivity index (χ1v) is 6.97. The second-order valence-corrected chi connectivity index (χ2v) is 4.04. The summed E-state index contributed by atoms with van der Waals surface area (Å²) >= 11 is 0. The van der Waals surface area contributed by atoms with Gasteiger partial charge in [0.1, 0.15) is 0 Å². The molecule has 1 radical (unpaired) electrons. The third-order valence-electron chi connectivity index (χ3n) is 2.52. The van der Waals surface area contributed by atoms with Crippen molar-refractivity contribution in [1.82, 2.24) is 9.80 Å². The topological polar surface area (TPSA) is 6.48 Å². The first-order chi connectivity index (χ1) is 9.78. The van der Waals surface area contributed by atoms with Crippen LogP contribution in [-0.4, -0.2) is 63.6 Å². The second kappa shape index (κ2) is 16.9. The van der Waals surface area contributed by atoms with Crippen molar-refractivity contribution in [3.05, 3.63) is 0 Å². The van der Waals surface area contributed by atoms with Crippen LogP contribution in [0.15, 0.2) is 0 Å². The van der Waals surface area contributed by atoms with Crippen LogP contribution in [0, 0.1) is 0 Å². The summed E-state index contributed by atoms with van der Waals surface area (Å²) in [5.74, 6) is 0. The van der Waals surface area contributed by atoms with Crippen LogP contribution in [0.1, 0.15) is 27.7 Å². The van der Waals surface area contributed by atoms with E-state index in [-0.39, 0.29) is 17.1 Å². The van der Waals surface area contributed by atoms with Gasteiger partial charge in [-0.3, -0.25) is 0 Å². The fourth-order valence-electron chi connectivity index (χ4n) is 1.36. The van der Waals surface area contributed by atoms with E-state index in [0.717, 1.165) is 0 Å². The number of rotatable bonds is 7. The van der Waals surface area contributed by atoms with E-state index in [9.17, 15) is 34.5 Å². The van der Waals surface area contributed by atoms with Gasteiger partial charge in [0.05, 0.1) is 0 Å². The maximum absolute atomic E-state index is 9.75. The van der Waals surface area contributed by atoms with Crippen molar-refractivity contribution in [2.75, 3.05) is 39.3 Å². The van der Waals surface area contributed by atoms with Crippen molar-refractivity contribution >= 4 is 14.5 Å². The molecule has 0 heterocycles. The van der Waals surface area contributed by atoms with Crippen LogP contribution in [0.4, 0.5) is 34.5 Å². The van der Waals surface area contributed by atoms with Gasteiger partial charge in [-0.2, -0.15) is 0 Å². The minimum absolute atomic E-state index is 0. The first-order valence-electron chi connectivity index (χ1n) is 6.97. The van der Waals surface area contributed by atoms with Crippen LogP contribution < -0.4 is 0 Å². The number of likely N-dealkylation sites (N-methyl/N-ethyl adjacent to an activating group) is 2. The van der Waals surface area contributed by atoms with Gasteiger partial charge >= 0.3 is 31.6 Å². The standard InChI is InChI=1S/C10H24N2.2BF4.Cu/c1-5-11(6-2)9-10-12(7-3)8-4;2*2-1(3,4)5;/h5-10H2,1-4H3;;;/q;2*-1;+2. The molecule has 0 N–H and O–H groups in total. The Hall–Kier alpha value is 0.00935. The molecule has 0 aromatic heterocycles. The van der Waals surface area contributed by atoms with Gasteiger partial charge in [0.25, 0.3) is 0 Å². The van der Waals surface area contributed by atoms with E-state index in [1.807, 2.05) is 0 Å². The fraction of sp³-hybridized carbons (Fsp3) is 1.00. The number of hydrogen-bond acceptors (Lipinski definition) is 2. The average molecular weight is 409 g/mol. The summed E-state index contributed by atoms with van der Waals surface area (Å²) in [4.78, 5) is 4.94. The predicted molar refractivity (Wildman–Crippen MR) is 75.9 cm³/mol. The van der Waals surface area contributed by atoms with E-state index in [0.29, 0.717) is 0 Å². The second-order valence-electron chi connectivity index (χ2n) is 4.04. The van der Waals surface area contributed by atoms with Crippen molar-refractivity contribution < 1.29 is 51.6 Å². The normalized spacial score (nSPS) is 11.2. The predicted octanol–water partition coefficient (Wildman–Crippen LogP) is 4.27. The molecule has 0 fully saturated rings. The van der Waals surface area contributed by atoms with Crippen LogP contribution in [0.5, 0.6) is 0 Å². The molecule has 0 aliphatic carbocycles. The summed E-state index contributed by atoms with van der Waals surface area (Å²) in [5, 5.41) is 0. The number of halogens is 8. The largest absolute Gasteiger partial charge is 2.00 e. The van der Waals surface area contributed by atoms with Crippen molar-refractivity contribution in [2.24, 2.45) is 0 Å². The van der Waals surface area contributed by atoms with Gasteiger partial charge in [-0.05, 0) is 26.2 Å². The molecular weight excluding hydrogens is 385 g/mol. The zero-order valence-corrected chi connectivity index (χ0v) is 14.6. The molecule has 0 saturated heterocycles. The summed E-state index contributed by atoms with van der Waals surface area (Å²) in [6.07, 6.45) is 0. The molecule has 0 rings (SSSR count). The van der Waals surface area contributed by atoms with Crippen molar-refractivity contribution in [3.63, 3.8) is 0 Å². The number of hydrogen-bond donors (Lipinski definition) is 0. The summed E-state index contributed by atoms with van der Waals surface area (Å²) in [7, 11) is -12.0. The maximum Gasteiger partial charge on any atom is 2.00 e. The molecule has 13 heteroatoms. The van der Waals surface area contributed by atoms with E-state index in [1.54, 1.807) is 0 Å². The van der Waals surface area contributed by atoms with E-state index < -0.39 is 14.5 Å². The molecule has 0 unspecified atom stereocenters. The molecule has 0 aromatic carbocycles. The Labute approximate surface area is 143 Å². The van der Waals surface area contributed by atoms with Crippen molar-refractivity contribution in [3.8, 4) is 0 Å². The summed E-state index contributed by atoms with van der Waals surface area (Å²) < 4.78 is 78.0. The maximum atomic E-state index is 9.75. The average Bonchev–Trinajstić information content (AvgIpc) is 2.31. The Bertz CT molecular complexity index is 200. The Balaban J connectivity index is -0.000000137. The zero-order valence-electron chi connectivity index (χ0n) is 13.6. The van der Waals surface area contributed by atoms with Gasteiger partial charge in [0, 0.05) is 13.1 Å². The Kier molecular flexibility index (Phi) is 22.6. The first kappa shape index (κ1) is 30.8. The van der Waals surface area contributed by atoms with Gasteiger partial charge < -0.3 is 44.3 Å². The van der Waals surface area contributed by atoms with E-state index in [1.165, 1.54) is 39.3 Å². The molecule has 0 saturated carbocycles. The molecule has 2 nitrogen and oxygen atoms in total.